The molecule has 21 heavy (non-hydrogen) atoms. The van der Waals surface area contributed by atoms with Crippen molar-refractivity contribution in [3.05, 3.63) is 29.8 Å². The molecule has 5 heteroatoms. The SMILES string of the molecule is CCCC1CC1NS(=O)(=O)c1cccc(C(CC)NC)c1. The first-order chi connectivity index (χ1) is 10.0. The third-order valence-electron chi connectivity index (χ3n) is 4.22. The van der Waals surface area contributed by atoms with E-state index in [4.69, 9.17) is 0 Å². The smallest absolute Gasteiger partial charge is 0.240 e. The summed E-state index contributed by atoms with van der Waals surface area (Å²) >= 11 is 0. The molecule has 3 unspecified atom stereocenters. The molecule has 0 saturated heterocycles. The predicted octanol–water partition coefficient (Wildman–Crippen LogP) is 2.82. The van der Waals surface area contributed by atoms with Gasteiger partial charge in [0.05, 0.1) is 4.90 Å². The zero-order valence-corrected chi connectivity index (χ0v) is 13.9. The number of rotatable bonds is 8. The molecule has 0 radical (unpaired) electrons. The minimum absolute atomic E-state index is 0.130. The standard InChI is InChI=1S/C16H26N2O2S/c1-4-7-12-11-16(12)18-21(19,20)14-9-6-8-13(10-14)15(5-2)17-3/h6,8-10,12,15-18H,4-5,7,11H2,1-3H3. The Morgan fingerprint density at radius 1 is 1.33 bits per heavy atom. The molecule has 0 amide bonds. The van der Waals surface area contributed by atoms with Gasteiger partial charge in [-0.15, -0.1) is 0 Å². The van der Waals surface area contributed by atoms with Gasteiger partial charge in [0.2, 0.25) is 10.0 Å². The van der Waals surface area contributed by atoms with Gasteiger partial charge in [-0.25, -0.2) is 13.1 Å². The zero-order valence-electron chi connectivity index (χ0n) is 13.1. The fourth-order valence-electron chi connectivity index (χ4n) is 2.85. The van der Waals surface area contributed by atoms with Gasteiger partial charge in [-0.2, -0.15) is 0 Å². The van der Waals surface area contributed by atoms with Crippen molar-refractivity contribution >= 4 is 10.0 Å². The van der Waals surface area contributed by atoms with Crippen molar-refractivity contribution in [2.45, 2.75) is 56.5 Å². The molecule has 118 valence electrons. The Morgan fingerprint density at radius 3 is 2.71 bits per heavy atom. The van der Waals surface area contributed by atoms with Gasteiger partial charge in [-0.05, 0) is 49.9 Å². The molecule has 4 nitrogen and oxygen atoms in total. The summed E-state index contributed by atoms with van der Waals surface area (Å²) in [6, 6.07) is 7.57. The quantitative estimate of drug-likeness (QED) is 0.776. The minimum atomic E-state index is -3.40. The molecule has 2 N–H and O–H groups in total. The fraction of sp³-hybridized carbons (Fsp3) is 0.625. The van der Waals surface area contributed by atoms with Crippen LogP contribution >= 0.6 is 0 Å². The lowest BCUT2D eigenvalue weighted by molar-refractivity contribution is 0.567. The maximum atomic E-state index is 12.5. The van der Waals surface area contributed by atoms with E-state index in [9.17, 15) is 8.42 Å². The van der Waals surface area contributed by atoms with Crippen LogP contribution in [-0.2, 0) is 10.0 Å². The van der Waals surface area contributed by atoms with Gasteiger partial charge in [0.1, 0.15) is 0 Å². The van der Waals surface area contributed by atoms with Crippen LogP contribution in [0.25, 0.3) is 0 Å². The molecule has 1 aliphatic rings. The second kappa shape index (κ2) is 6.90. The summed E-state index contributed by atoms with van der Waals surface area (Å²) in [5.74, 6) is 0.522. The summed E-state index contributed by atoms with van der Waals surface area (Å²) < 4.78 is 27.7. The Balaban J connectivity index is 2.11. The van der Waals surface area contributed by atoms with Gasteiger partial charge in [0.25, 0.3) is 0 Å². The molecular formula is C16H26N2O2S. The number of nitrogens with one attached hydrogen (secondary N) is 2. The van der Waals surface area contributed by atoms with Gasteiger partial charge < -0.3 is 5.32 Å². The Labute approximate surface area is 128 Å². The van der Waals surface area contributed by atoms with Crippen molar-refractivity contribution in [3.8, 4) is 0 Å². The van der Waals surface area contributed by atoms with Crippen molar-refractivity contribution in [2.24, 2.45) is 5.92 Å². The topological polar surface area (TPSA) is 58.2 Å². The van der Waals surface area contributed by atoms with Crippen LogP contribution in [0.2, 0.25) is 0 Å². The molecule has 3 atom stereocenters. The number of sulfonamides is 1. The van der Waals surface area contributed by atoms with Gasteiger partial charge in [-0.3, -0.25) is 0 Å². The molecule has 0 heterocycles. The summed E-state index contributed by atoms with van der Waals surface area (Å²) in [5.41, 5.74) is 1.02. The van der Waals surface area contributed by atoms with Crippen LogP contribution in [0.4, 0.5) is 0 Å². The minimum Gasteiger partial charge on any atom is -0.313 e. The van der Waals surface area contributed by atoms with E-state index in [0.29, 0.717) is 10.8 Å². The second-order valence-electron chi connectivity index (χ2n) is 5.83. The van der Waals surface area contributed by atoms with Gasteiger partial charge >= 0.3 is 0 Å². The molecule has 0 aliphatic heterocycles. The van der Waals surface area contributed by atoms with Crippen LogP contribution in [0.5, 0.6) is 0 Å². The van der Waals surface area contributed by atoms with E-state index >= 15 is 0 Å². The van der Waals surface area contributed by atoms with Crippen LogP contribution in [0, 0.1) is 5.92 Å². The maximum Gasteiger partial charge on any atom is 0.240 e. The first-order valence-electron chi connectivity index (χ1n) is 7.81. The first-order valence-corrected chi connectivity index (χ1v) is 9.29. The predicted molar refractivity (Wildman–Crippen MR) is 85.7 cm³/mol. The fourth-order valence-corrected chi connectivity index (χ4v) is 4.23. The second-order valence-corrected chi connectivity index (χ2v) is 7.55. The number of hydrogen-bond donors (Lipinski definition) is 2. The van der Waals surface area contributed by atoms with E-state index in [2.05, 4.69) is 23.9 Å². The molecule has 0 aromatic heterocycles. The van der Waals surface area contributed by atoms with Crippen LogP contribution in [0.3, 0.4) is 0 Å². The Hall–Kier alpha value is -0.910. The average Bonchev–Trinajstić information content (AvgIpc) is 3.18. The summed E-state index contributed by atoms with van der Waals surface area (Å²) in [6.45, 7) is 4.22. The van der Waals surface area contributed by atoms with E-state index in [0.717, 1.165) is 31.2 Å². The van der Waals surface area contributed by atoms with E-state index in [1.54, 1.807) is 12.1 Å². The first kappa shape index (κ1) is 16.5. The molecule has 2 rings (SSSR count). The highest BCUT2D eigenvalue weighted by atomic mass is 32.2. The van der Waals surface area contributed by atoms with Crippen LogP contribution in [-0.4, -0.2) is 21.5 Å². The Bertz CT molecular complexity index is 567. The maximum absolute atomic E-state index is 12.5. The highest BCUT2D eigenvalue weighted by molar-refractivity contribution is 7.89. The molecular weight excluding hydrogens is 284 g/mol. The Morgan fingerprint density at radius 2 is 2.10 bits per heavy atom. The van der Waals surface area contributed by atoms with E-state index in [-0.39, 0.29) is 12.1 Å². The van der Waals surface area contributed by atoms with Crippen molar-refractivity contribution in [3.63, 3.8) is 0 Å². The highest BCUT2D eigenvalue weighted by Crippen LogP contribution is 2.35. The van der Waals surface area contributed by atoms with Crippen molar-refractivity contribution < 1.29 is 8.42 Å². The summed E-state index contributed by atoms with van der Waals surface area (Å²) in [7, 11) is -1.50. The number of benzene rings is 1. The lowest BCUT2D eigenvalue weighted by Gasteiger charge is -2.15. The summed E-state index contributed by atoms with van der Waals surface area (Å²) in [6.07, 6.45) is 4.11. The Kier molecular flexibility index (Phi) is 5.41. The van der Waals surface area contributed by atoms with Crippen molar-refractivity contribution in [1.29, 1.82) is 0 Å². The average molecular weight is 310 g/mol. The van der Waals surface area contributed by atoms with Crippen molar-refractivity contribution in [2.75, 3.05) is 7.05 Å². The van der Waals surface area contributed by atoms with Gasteiger partial charge in [-0.1, -0.05) is 32.4 Å². The lowest BCUT2D eigenvalue weighted by atomic mass is 10.1. The van der Waals surface area contributed by atoms with Gasteiger partial charge in [0.15, 0.2) is 0 Å². The molecule has 1 saturated carbocycles. The summed E-state index contributed by atoms with van der Waals surface area (Å²) in [4.78, 5) is 0.371. The molecule has 1 fully saturated rings. The van der Waals surface area contributed by atoms with E-state index < -0.39 is 10.0 Å². The van der Waals surface area contributed by atoms with Gasteiger partial charge in [0, 0.05) is 12.1 Å². The molecule has 1 aliphatic carbocycles. The zero-order chi connectivity index (χ0) is 15.5. The van der Waals surface area contributed by atoms with Crippen LogP contribution in [0.15, 0.2) is 29.2 Å². The molecule has 0 bridgehead atoms. The van der Waals surface area contributed by atoms with Crippen molar-refractivity contribution in [1.82, 2.24) is 10.0 Å². The summed E-state index contributed by atoms with van der Waals surface area (Å²) in [5, 5.41) is 3.21. The van der Waals surface area contributed by atoms with E-state index in [1.807, 2.05) is 19.2 Å². The van der Waals surface area contributed by atoms with Crippen LogP contribution in [0.1, 0.15) is 51.1 Å². The third-order valence-corrected chi connectivity index (χ3v) is 5.70. The third kappa shape index (κ3) is 4.05. The molecule has 1 aromatic rings. The highest BCUT2D eigenvalue weighted by Gasteiger charge is 2.39. The van der Waals surface area contributed by atoms with E-state index in [1.165, 1.54) is 0 Å². The molecule has 0 spiro atoms. The number of hydrogen-bond acceptors (Lipinski definition) is 3. The molecule has 1 aromatic carbocycles. The van der Waals surface area contributed by atoms with Crippen LogP contribution < -0.4 is 10.0 Å². The monoisotopic (exact) mass is 310 g/mol. The lowest BCUT2D eigenvalue weighted by Crippen LogP contribution is -2.27. The largest absolute Gasteiger partial charge is 0.313 e. The normalized spacial score (nSPS) is 23.0.